The van der Waals surface area contributed by atoms with Gasteiger partial charge in [0.1, 0.15) is 21.4 Å². The Hall–Kier alpha value is -2.61. The Labute approximate surface area is 143 Å². The zero-order valence-electron chi connectivity index (χ0n) is 13.7. The quantitative estimate of drug-likeness (QED) is 0.831. The van der Waals surface area contributed by atoms with E-state index in [2.05, 4.69) is 10.3 Å². The number of hydrogen-bond donors (Lipinski definition) is 2. The molecule has 0 saturated carbocycles. The number of rotatable bonds is 6. The number of benzene rings is 1. The van der Waals surface area contributed by atoms with E-state index >= 15 is 0 Å². The number of nitrogens with zero attached hydrogens (tertiary/aromatic N) is 1. The summed E-state index contributed by atoms with van der Waals surface area (Å²) in [6.07, 6.45) is 0. The molecule has 1 atom stereocenters. The SMILES string of the molecule is COc1ccc(C(=O)NC(C)c2nc(C)c(C(=O)O)s2)c(OC)c1. The lowest BCUT2D eigenvalue weighted by atomic mass is 10.1. The van der Waals surface area contributed by atoms with Gasteiger partial charge in [0, 0.05) is 6.07 Å². The summed E-state index contributed by atoms with van der Waals surface area (Å²) in [5.74, 6) is -0.392. The highest BCUT2D eigenvalue weighted by atomic mass is 32.1. The van der Waals surface area contributed by atoms with E-state index in [0.717, 1.165) is 11.3 Å². The first kappa shape index (κ1) is 17.7. The second-order valence-corrected chi connectivity index (χ2v) is 6.06. The minimum absolute atomic E-state index is 0.174. The number of nitrogens with one attached hydrogen (secondary N) is 1. The molecule has 0 aliphatic heterocycles. The maximum absolute atomic E-state index is 12.5. The summed E-state index contributed by atoms with van der Waals surface area (Å²) in [4.78, 5) is 28.0. The van der Waals surface area contributed by atoms with Gasteiger partial charge in [-0.3, -0.25) is 4.79 Å². The summed E-state index contributed by atoms with van der Waals surface area (Å²) in [5, 5.41) is 12.4. The Bertz CT molecular complexity index is 772. The van der Waals surface area contributed by atoms with Crippen LogP contribution in [0.4, 0.5) is 0 Å². The zero-order valence-corrected chi connectivity index (χ0v) is 14.6. The number of aromatic nitrogens is 1. The van der Waals surface area contributed by atoms with Crippen molar-refractivity contribution in [2.24, 2.45) is 0 Å². The summed E-state index contributed by atoms with van der Waals surface area (Å²) < 4.78 is 10.3. The number of carbonyl (C=O) groups is 2. The molecule has 1 aromatic heterocycles. The number of ether oxygens (including phenoxy) is 2. The third kappa shape index (κ3) is 3.65. The molecule has 2 N–H and O–H groups in total. The minimum Gasteiger partial charge on any atom is -0.497 e. The third-order valence-corrected chi connectivity index (χ3v) is 4.71. The zero-order chi connectivity index (χ0) is 17.9. The predicted molar refractivity (Wildman–Crippen MR) is 89.2 cm³/mol. The van der Waals surface area contributed by atoms with E-state index in [1.165, 1.54) is 14.2 Å². The normalized spacial score (nSPS) is 11.7. The van der Waals surface area contributed by atoms with Crippen molar-refractivity contribution in [3.05, 3.63) is 39.3 Å². The van der Waals surface area contributed by atoms with E-state index in [1.54, 1.807) is 32.0 Å². The molecule has 2 rings (SSSR count). The van der Waals surface area contributed by atoms with E-state index in [1.807, 2.05) is 0 Å². The first-order valence-electron chi connectivity index (χ1n) is 7.10. The van der Waals surface area contributed by atoms with Crippen molar-refractivity contribution in [2.45, 2.75) is 19.9 Å². The molecular formula is C16H18N2O5S. The van der Waals surface area contributed by atoms with Crippen LogP contribution < -0.4 is 14.8 Å². The molecule has 128 valence electrons. The molecule has 1 heterocycles. The lowest BCUT2D eigenvalue weighted by Gasteiger charge is -2.14. The van der Waals surface area contributed by atoms with Crippen molar-refractivity contribution in [3.63, 3.8) is 0 Å². The average molecular weight is 350 g/mol. The molecule has 0 fully saturated rings. The van der Waals surface area contributed by atoms with E-state index in [0.29, 0.717) is 27.8 Å². The van der Waals surface area contributed by atoms with E-state index < -0.39 is 12.0 Å². The molecule has 1 unspecified atom stereocenters. The van der Waals surface area contributed by atoms with Gasteiger partial charge in [0.2, 0.25) is 0 Å². The Balaban J connectivity index is 2.20. The fraction of sp³-hybridized carbons (Fsp3) is 0.312. The van der Waals surface area contributed by atoms with Gasteiger partial charge in [-0.2, -0.15) is 0 Å². The summed E-state index contributed by atoms with van der Waals surface area (Å²) >= 11 is 1.05. The van der Waals surface area contributed by atoms with E-state index in [4.69, 9.17) is 14.6 Å². The Morgan fingerprint density at radius 2 is 2.00 bits per heavy atom. The lowest BCUT2D eigenvalue weighted by Crippen LogP contribution is -2.27. The van der Waals surface area contributed by atoms with Gasteiger partial charge in [-0.1, -0.05) is 0 Å². The van der Waals surface area contributed by atoms with Gasteiger partial charge in [0.15, 0.2) is 0 Å². The van der Waals surface area contributed by atoms with Crippen LogP contribution in [-0.4, -0.2) is 36.2 Å². The topological polar surface area (TPSA) is 97.8 Å². The van der Waals surface area contributed by atoms with Crippen LogP contribution in [0.1, 0.15) is 43.7 Å². The summed E-state index contributed by atoms with van der Waals surface area (Å²) in [6, 6.07) is 4.46. The predicted octanol–water partition coefficient (Wildman–Crippen LogP) is 2.66. The Kier molecular flexibility index (Phi) is 5.40. The van der Waals surface area contributed by atoms with Crippen molar-refractivity contribution >= 4 is 23.2 Å². The third-order valence-electron chi connectivity index (χ3n) is 3.38. The highest BCUT2D eigenvalue weighted by Gasteiger charge is 2.21. The molecule has 0 radical (unpaired) electrons. The molecule has 2 aromatic rings. The van der Waals surface area contributed by atoms with Crippen LogP contribution in [0.3, 0.4) is 0 Å². The monoisotopic (exact) mass is 350 g/mol. The van der Waals surface area contributed by atoms with Crippen LogP contribution in [0.5, 0.6) is 11.5 Å². The van der Waals surface area contributed by atoms with Crippen LogP contribution in [0.15, 0.2) is 18.2 Å². The number of carboxylic acids is 1. The van der Waals surface area contributed by atoms with Gasteiger partial charge in [0.25, 0.3) is 5.91 Å². The number of amides is 1. The molecule has 0 spiro atoms. The number of aryl methyl sites for hydroxylation is 1. The standard InChI is InChI=1S/C16H18N2O5S/c1-8-13(16(20)21)24-15(18-8)9(2)17-14(19)11-6-5-10(22-3)7-12(11)23-4/h5-7,9H,1-4H3,(H,17,19)(H,20,21). The number of thiazole rings is 1. The molecule has 0 saturated heterocycles. The van der Waals surface area contributed by atoms with Gasteiger partial charge in [-0.05, 0) is 26.0 Å². The number of carboxylic acid groups (broad SMARTS) is 1. The van der Waals surface area contributed by atoms with Crippen LogP contribution >= 0.6 is 11.3 Å². The van der Waals surface area contributed by atoms with Crippen LogP contribution in [0.2, 0.25) is 0 Å². The van der Waals surface area contributed by atoms with Gasteiger partial charge in [0.05, 0.1) is 31.5 Å². The lowest BCUT2D eigenvalue weighted by molar-refractivity contribution is 0.0700. The number of hydrogen-bond acceptors (Lipinski definition) is 6. The fourth-order valence-corrected chi connectivity index (χ4v) is 3.03. The van der Waals surface area contributed by atoms with E-state index in [-0.39, 0.29) is 10.8 Å². The highest BCUT2D eigenvalue weighted by molar-refractivity contribution is 7.13. The number of aromatic carboxylic acids is 1. The maximum atomic E-state index is 12.5. The first-order chi connectivity index (χ1) is 11.4. The molecule has 1 aromatic carbocycles. The van der Waals surface area contributed by atoms with Crippen LogP contribution in [-0.2, 0) is 0 Å². The molecule has 24 heavy (non-hydrogen) atoms. The van der Waals surface area contributed by atoms with Crippen molar-refractivity contribution in [3.8, 4) is 11.5 Å². The molecule has 7 nitrogen and oxygen atoms in total. The average Bonchev–Trinajstić information content (AvgIpc) is 2.96. The molecule has 8 heteroatoms. The first-order valence-corrected chi connectivity index (χ1v) is 7.92. The van der Waals surface area contributed by atoms with Gasteiger partial charge >= 0.3 is 5.97 Å². The van der Waals surface area contributed by atoms with Crippen molar-refractivity contribution in [2.75, 3.05) is 14.2 Å². The molecule has 0 aliphatic rings. The Morgan fingerprint density at radius 1 is 1.29 bits per heavy atom. The molecule has 0 aliphatic carbocycles. The Morgan fingerprint density at radius 3 is 2.54 bits per heavy atom. The van der Waals surface area contributed by atoms with Crippen LogP contribution in [0.25, 0.3) is 0 Å². The van der Waals surface area contributed by atoms with Crippen molar-refractivity contribution in [1.82, 2.24) is 10.3 Å². The fourth-order valence-electron chi connectivity index (χ4n) is 2.12. The summed E-state index contributed by atoms with van der Waals surface area (Å²) in [6.45, 7) is 3.38. The maximum Gasteiger partial charge on any atom is 0.347 e. The summed E-state index contributed by atoms with van der Waals surface area (Å²) in [5.41, 5.74) is 0.794. The second-order valence-electron chi connectivity index (χ2n) is 5.03. The van der Waals surface area contributed by atoms with Gasteiger partial charge in [-0.15, -0.1) is 11.3 Å². The number of carbonyl (C=O) groups excluding carboxylic acids is 1. The highest BCUT2D eigenvalue weighted by Crippen LogP contribution is 2.27. The van der Waals surface area contributed by atoms with Gasteiger partial charge < -0.3 is 19.9 Å². The van der Waals surface area contributed by atoms with Gasteiger partial charge in [-0.25, -0.2) is 9.78 Å². The molecule has 1 amide bonds. The largest absolute Gasteiger partial charge is 0.497 e. The van der Waals surface area contributed by atoms with Crippen molar-refractivity contribution in [1.29, 1.82) is 0 Å². The molecule has 0 bridgehead atoms. The van der Waals surface area contributed by atoms with E-state index in [9.17, 15) is 9.59 Å². The summed E-state index contributed by atoms with van der Waals surface area (Å²) in [7, 11) is 3.00. The van der Waals surface area contributed by atoms with Crippen molar-refractivity contribution < 1.29 is 24.2 Å². The minimum atomic E-state index is -1.02. The second kappa shape index (κ2) is 7.31. The van der Waals surface area contributed by atoms with Crippen LogP contribution in [0, 0.1) is 6.92 Å². The smallest absolute Gasteiger partial charge is 0.347 e. The molecular weight excluding hydrogens is 332 g/mol. The number of methoxy groups -OCH3 is 2.